The molecule has 0 saturated carbocycles. The highest BCUT2D eigenvalue weighted by Gasteiger charge is 2.31. The molecule has 2 N–H and O–H groups in total. The fourth-order valence-electron chi connectivity index (χ4n) is 1.00. The van der Waals surface area contributed by atoms with Crippen molar-refractivity contribution in [1.29, 1.82) is 5.26 Å². The number of anilines is 1. The third-order valence-corrected chi connectivity index (χ3v) is 1.61. The van der Waals surface area contributed by atoms with E-state index in [1.165, 1.54) is 18.2 Å². The number of rotatable bonds is 2. The number of nitrogens with zero attached hydrogens (tertiary/aromatic N) is 1. The lowest BCUT2D eigenvalue weighted by Crippen LogP contribution is -2.18. The van der Waals surface area contributed by atoms with Crippen molar-refractivity contribution in [2.24, 2.45) is 0 Å². The Morgan fingerprint density at radius 1 is 1.38 bits per heavy atom. The molecule has 0 aliphatic heterocycles. The van der Waals surface area contributed by atoms with E-state index in [2.05, 4.69) is 4.74 Å². The van der Waals surface area contributed by atoms with E-state index in [1.54, 1.807) is 6.07 Å². The monoisotopic (exact) mass is 228 g/mol. The van der Waals surface area contributed by atoms with Crippen LogP contribution in [0, 0.1) is 11.3 Å². The topological polar surface area (TPSA) is 59.0 Å². The van der Waals surface area contributed by atoms with Crippen LogP contribution in [0.4, 0.5) is 18.9 Å². The Morgan fingerprint density at radius 2 is 2.06 bits per heavy atom. The van der Waals surface area contributed by atoms with Crippen molar-refractivity contribution >= 4 is 11.8 Å². The maximum atomic E-state index is 12.0. The van der Waals surface area contributed by atoms with Crippen LogP contribution < -0.4 is 10.5 Å². The molecule has 0 aliphatic rings. The van der Waals surface area contributed by atoms with Gasteiger partial charge in [0, 0.05) is 6.08 Å². The average molecular weight is 228 g/mol. The number of hydrogen-bond donors (Lipinski definition) is 1. The van der Waals surface area contributed by atoms with Crippen LogP contribution in [0.3, 0.4) is 0 Å². The summed E-state index contributed by atoms with van der Waals surface area (Å²) >= 11 is 0. The van der Waals surface area contributed by atoms with Crippen molar-refractivity contribution in [1.82, 2.24) is 0 Å². The highest BCUT2D eigenvalue weighted by molar-refractivity contribution is 5.61. The highest BCUT2D eigenvalue weighted by atomic mass is 19.4. The molecule has 0 fully saturated rings. The molecule has 84 valence electrons. The van der Waals surface area contributed by atoms with Crippen molar-refractivity contribution in [3.05, 3.63) is 29.8 Å². The van der Waals surface area contributed by atoms with Gasteiger partial charge in [0.05, 0.1) is 11.8 Å². The summed E-state index contributed by atoms with van der Waals surface area (Å²) in [5.74, 6) is -0.479. The minimum absolute atomic E-state index is 0.119. The Bertz CT molecular complexity index is 446. The molecular formula is C10H7F3N2O. The van der Waals surface area contributed by atoms with E-state index in [0.717, 1.165) is 12.1 Å². The third-order valence-electron chi connectivity index (χ3n) is 1.61. The number of ether oxygens (including phenoxy) is 1. The van der Waals surface area contributed by atoms with Crippen molar-refractivity contribution < 1.29 is 17.9 Å². The summed E-state index contributed by atoms with van der Waals surface area (Å²) in [6.07, 6.45) is -2.29. The van der Waals surface area contributed by atoms with Crippen LogP contribution in [0.5, 0.6) is 5.75 Å². The van der Waals surface area contributed by atoms with E-state index >= 15 is 0 Å². The molecule has 1 rings (SSSR count). The van der Waals surface area contributed by atoms with Gasteiger partial charge in [-0.1, -0.05) is 6.07 Å². The molecule has 0 aliphatic carbocycles. The number of benzene rings is 1. The van der Waals surface area contributed by atoms with Crippen LogP contribution in [0.25, 0.3) is 6.08 Å². The zero-order valence-corrected chi connectivity index (χ0v) is 7.95. The molecule has 16 heavy (non-hydrogen) atoms. The van der Waals surface area contributed by atoms with Crippen LogP contribution in [-0.4, -0.2) is 6.36 Å². The number of allylic oxidation sites excluding steroid dienone is 1. The fourth-order valence-corrected chi connectivity index (χ4v) is 1.00. The lowest BCUT2D eigenvalue weighted by Gasteiger charge is -2.11. The quantitative estimate of drug-likeness (QED) is 0.625. The predicted molar refractivity (Wildman–Crippen MR) is 52.2 cm³/mol. The van der Waals surface area contributed by atoms with E-state index in [9.17, 15) is 13.2 Å². The third kappa shape index (κ3) is 3.53. The molecule has 0 spiro atoms. The average Bonchev–Trinajstić information content (AvgIpc) is 2.17. The predicted octanol–water partition coefficient (Wildman–Crippen LogP) is 2.70. The van der Waals surface area contributed by atoms with Gasteiger partial charge in [-0.25, -0.2) is 0 Å². The van der Waals surface area contributed by atoms with Gasteiger partial charge < -0.3 is 10.5 Å². The van der Waals surface area contributed by atoms with Gasteiger partial charge in [0.25, 0.3) is 0 Å². The largest absolute Gasteiger partial charge is 0.573 e. The Balaban J connectivity index is 3.00. The summed E-state index contributed by atoms with van der Waals surface area (Å²) in [5, 5.41) is 8.27. The number of nitriles is 1. The van der Waals surface area contributed by atoms with Gasteiger partial charge in [-0.2, -0.15) is 5.26 Å². The zero-order chi connectivity index (χ0) is 12.2. The van der Waals surface area contributed by atoms with Gasteiger partial charge in [-0.3, -0.25) is 0 Å². The van der Waals surface area contributed by atoms with E-state index < -0.39 is 12.1 Å². The van der Waals surface area contributed by atoms with Crippen LogP contribution >= 0.6 is 0 Å². The Hall–Kier alpha value is -2.16. The number of nitrogens with two attached hydrogens (primary N) is 1. The van der Waals surface area contributed by atoms with Gasteiger partial charge in [0.1, 0.15) is 0 Å². The lowest BCUT2D eigenvalue weighted by molar-refractivity contribution is -0.274. The van der Waals surface area contributed by atoms with Crippen molar-refractivity contribution in [2.45, 2.75) is 6.36 Å². The van der Waals surface area contributed by atoms with Gasteiger partial charge in [-0.05, 0) is 23.8 Å². The summed E-state index contributed by atoms with van der Waals surface area (Å²) in [6.45, 7) is 0. The van der Waals surface area contributed by atoms with E-state index in [1.807, 2.05) is 0 Å². The van der Waals surface area contributed by atoms with Gasteiger partial charge in [0.2, 0.25) is 0 Å². The van der Waals surface area contributed by atoms with Crippen molar-refractivity contribution in [2.75, 3.05) is 5.73 Å². The lowest BCUT2D eigenvalue weighted by atomic mass is 10.2. The Kier molecular flexibility index (Phi) is 3.40. The molecule has 0 atom stereocenters. The summed E-state index contributed by atoms with van der Waals surface area (Å²) in [6, 6.07) is 5.59. The van der Waals surface area contributed by atoms with E-state index in [-0.39, 0.29) is 5.69 Å². The number of nitrogen functional groups attached to an aromatic ring is 1. The smallest absolute Gasteiger partial charge is 0.404 e. The molecule has 0 bridgehead atoms. The molecule has 6 heteroatoms. The molecule has 1 aromatic rings. The minimum atomic E-state index is -4.79. The summed E-state index contributed by atoms with van der Waals surface area (Å²) in [5.41, 5.74) is 5.59. The number of alkyl halides is 3. The first kappa shape index (κ1) is 11.9. The van der Waals surface area contributed by atoms with Crippen LogP contribution in [0.2, 0.25) is 0 Å². The molecule has 0 saturated heterocycles. The fraction of sp³-hybridized carbons (Fsp3) is 0.100. The maximum Gasteiger partial charge on any atom is 0.573 e. The molecule has 0 aromatic heterocycles. The molecular weight excluding hydrogens is 221 g/mol. The first-order valence-corrected chi connectivity index (χ1v) is 4.14. The maximum absolute atomic E-state index is 12.0. The second kappa shape index (κ2) is 4.57. The summed E-state index contributed by atoms with van der Waals surface area (Å²) in [7, 11) is 0. The first-order valence-electron chi connectivity index (χ1n) is 4.14. The molecule has 0 radical (unpaired) electrons. The number of halogens is 3. The molecule has 0 heterocycles. The normalized spacial score (nSPS) is 11.4. The second-order valence-electron chi connectivity index (χ2n) is 2.81. The Morgan fingerprint density at radius 3 is 2.62 bits per heavy atom. The molecule has 0 amide bonds. The van der Waals surface area contributed by atoms with Gasteiger partial charge in [0.15, 0.2) is 5.75 Å². The van der Waals surface area contributed by atoms with Crippen LogP contribution in [-0.2, 0) is 0 Å². The van der Waals surface area contributed by atoms with Crippen LogP contribution in [0.15, 0.2) is 24.3 Å². The highest BCUT2D eigenvalue weighted by Crippen LogP contribution is 2.29. The van der Waals surface area contributed by atoms with Gasteiger partial charge >= 0.3 is 6.36 Å². The molecule has 0 unspecified atom stereocenters. The molecule has 3 nitrogen and oxygen atoms in total. The summed E-state index contributed by atoms with van der Waals surface area (Å²) in [4.78, 5) is 0. The van der Waals surface area contributed by atoms with Crippen molar-refractivity contribution in [3.8, 4) is 11.8 Å². The standard InChI is InChI=1S/C10H7F3N2O/c11-10(12,13)16-9-6-7(2-1-5-14)3-4-8(9)15/h1-4,6H,15H2. The second-order valence-corrected chi connectivity index (χ2v) is 2.81. The zero-order valence-electron chi connectivity index (χ0n) is 7.95. The first-order chi connectivity index (χ1) is 7.42. The SMILES string of the molecule is N#CC=Cc1ccc(N)c(OC(F)(F)F)c1. The Labute approximate surface area is 89.5 Å². The van der Waals surface area contributed by atoms with E-state index in [4.69, 9.17) is 11.0 Å². The van der Waals surface area contributed by atoms with E-state index in [0.29, 0.717) is 5.56 Å². The van der Waals surface area contributed by atoms with Gasteiger partial charge in [-0.15, -0.1) is 13.2 Å². The number of hydrogen-bond acceptors (Lipinski definition) is 3. The molecule has 1 aromatic carbocycles. The minimum Gasteiger partial charge on any atom is -0.404 e. The van der Waals surface area contributed by atoms with Crippen LogP contribution in [0.1, 0.15) is 5.56 Å². The summed E-state index contributed by atoms with van der Waals surface area (Å²) < 4.78 is 39.6. The van der Waals surface area contributed by atoms with Crippen molar-refractivity contribution in [3.63, 3.8) is 0 Å².